The third-order valence-electron chi connectivity index (χ3n) is 4.91. The Bertz CT molecular complexity index is 842. The smallest absolute Gasteiger partial charge is 0.392 e. The van der Waals surface area contributed by atoms with E-state index in [1.165, 1.54) is 18.2 Å². The molecule has 0 amide bonds. The molecule has 2 aromatic rings. The van der Waals surface area contributed by atoms with Gasteiger partial charge in [0.2, 0.25) is 0 Å². The maximum atomic E-state index is 13.2. The van der Waals surface area contributed by atoms with Gasteiger partial charge in [-0.05, 0) is 36.1 Å². The fourth-order valence-electron chi connectivity index (χ4n) is 3.80. The average Bonchev–Trinajstić information content (AvgIpc) is 2.43. The second kappa shape index (κ2) is 6.05. The maximum Gasteiger partial charge on any atom is 0.392 e. The molecule has 1 aliphatic rings. The Hall–Kier alpha value is -2.02. The third-order valence-corrected chi connectivity index (χ3v) is 4.91. The van der Waals surface area contributed by atoms with E-state index in [0.717, 1.165) is 0 Å². The zero-order valence-corrected chi connectivity index (χ0v) is 14.1. The Labute approximate surface area is 142 Å². The highest BCUT2D eigenvalue weighted by Crippen LogP contribution is 2.45. The summed E-state index contributed by atoms with van der Waals surface area (Å²) in [6.07, 6.45) is -4.16. The SMILES string of the molecule is CC1(C)CN(Cc2cc(=O)oc3cc(O)ccc23)CCC1C(F)(F)F. The van der Waals surface area contributed by atoms with Crippen molar-refractivity contribution in [3.8, 4) is 5.75 Å². The van der Waals surface area contributed by atoms with Crippen LogP contribution in [0.5, 0.6) is 5.75 Å². The minimum atomic E-state index is -4.20. The Morgan fingerprint density at radius 1 is 1.32 bits per heavy atom. The second-order valence-corrected chi connectivity index (χ2v) is 7.35. The number of hydrogen-bond acceptors (Lipinski definition) is 4. The number of rotatable bonds is 2. The molecule has 0 saturated carbocycles. The van der Waals surface area contributed by atoms with Gasteiger partial charge in [0.15, 0.2) is 0 Å². The molecular formula is C18H20F3NO3. The van der Waals surface area contributed by atoms with Crippen molar-refractivity contribution in [1.29, 1.82) is 0 Å². The molecule has 1 fully saturated rings. The standard InChI is InChI=1S/C18H20F3NO3/c1-17(2)10-22(6-5-15(17)18(19,20)21)9-11-7-16(24)25-14-8-12(23)3-4-13(11)14/h3-4,7-8,15,23H,5-6,9-10H2,1-2H3. The minimum Gasteiger partial charge on any atom is -0.508 e. The van der Waals surface area contributed by atoms with E-state index < -0.39 is 23.1 Å². The van der Waals surface area contributed by atoms with Gasteiger partial charge in [-0.1, -0.05) is 13.8 Å². The summed E-state index contributed by atoms with van der Waals surface area (Å²) in [5.41, 5.74) is -0.485. The van der Waals surface area contributed by atoms with Crippen LogP contribution in [-0.2, 0) is 6.54 Å². The summed E-state index contributed by atoms with van der Waals surface area (Å²) in [5, 5.41) is 10.2. The number of fused-ring (bicyclic) bond motifs is 1. The van der Waals surface area contributed by atoms with Crippen LogP contribution in [0.4, 0.5) is 13.2 Å². The number of piperidine rings is 1. The van der Waals surface area contributed by atoms with E-state index >= 15 is 0 Å². The molecule has 0 spiro atoms. The van der Waals surface area contributed by atoms with Crippen LogP contribution in [0, 0.1) is 11.3 Å². The number of benzene rings is 1. The summed E-state index contributed by atoms with van der Waals surface area (Å²) in [6.45, 7) is 4.23. The monoisotopic (exact) mass is 355 g/mol. The molecule has 7 heteroatoms. The topological polar surface area (TPSA) is 53.7 Å². The lowest BCUT2D eigenvalue weighted by Crippen LogP contribution is -2.50. The molecule has 0 aliphatic carbocycles. The lowest BCUT2D eigenvalue weighted by atomic mass is 9.73. The predicted molar refractivity (Wildman–Crippen MR) is 87.4 cm³/mol. The maximum absolute atomic E-state index is 13.2. The molecule has 1 atom stereocenters. The van der Waals surface area contributed by atoms with E-state index in [4.69, 9.17) is 4.42 Å². The van der Waals surface area contributed by atoms with Gasteiger partial charge >= 0.3 is 11.8 Å². The molecule has 2 heterocycles. The zero-order valence-electron chi connectivity index (χ0n) is 14.1. The number of nitrogens with zero attached hydrogens (tertiary/aromatic N) is 1. The summed E-state index contributed by atoms with van der Waals surface area (Å²) >= 11 is 0. The highest BCUT2D eigenvalue weighted by atomic mass is 19.4. The summed E-state index contributed by atoms with van der Waals surface area (Å²) in [5.74, 6) is -1.34. The van der Waals surface area contributed by atoms with Crippen molar-refractivity contribution in [1.82, 2.24) is 4.90 Å². The first-order valence-corrected chi connectivity index (χ1v) is 8.11. The van der Waals surface area contributed by atoms with Crippen molar-refractivity contribution < 1.29 is 22.7 Å². The van der Waals surface area contributed by atoms with Crippen LogP contribution in [0.3, 0.4) is 0 Å². The number of halogens is 3. The van der Waals surface area contributed by atoms with Crippen molar-refractivity contribution >= 4 is 11.0 Å². The second-order valence-electron chi connectivity index (χ2n) is 7.35. The Balaban J connectivity index is 1.87. The molecule has 136 valence electrons. The van der Waals surface area contributed by atoms with Crippen LogP contribution in [0.1, 0.15) is 25.8 Å². The summed E-state index contributed by atoms with van der Waals surface area (Å²) in [4.78, 5) is 13.7. The summed E-state index contributed by atoms with van der Waals surface area (Å²) in [6, 6.07) is 5.87. The average molecular weight is 355 g/mol. The first kappa shape index (κ1) is 17.8. The Morgan fingerprint density at radius 3 is 2.68 bits per heavy atom. The quantitative estimate of drug-likeness (QED) is 0.830. The first-order chi connectivity index (χ1) is 11.6. The molecule has 4 nitrogen and oxygen atoms in total. The molecule has 1 saturated heterocycles. The highest BCUT2D eigenvalue weighted by molar-refractivity contribution is 5.81. The number of likely N-dealkylation sites (tertiary alicyclic amines) is 1. The van der Waals surface area contributed by atoms with Crippen molar-refractivity contribution in [3.63, 3.8) is 0 Å². The van der Waals surface area contributed by atoms with Gasteiger partial charge in [-0.3, -0.25) is 4.90 Å². The molecule has 0 bridgehead atoms. The van der Waals surface area contributed by atoms with E-state index in [1.54, 1.807) is 19.9 Å². The lowest BCUT2D eigenvalue weighted by molar-refractivity contribution is -0.217. The van der Waals surface area contributed by atoms with Gasteiger partial charge in [0, 0.05) is 30.6 Å². The first-order valence-electron chi connectivity index (χ1n) is 8.11. The van der Waals surface area contributed by atoms with Crippen LogP contribution in [-0.4, -0.2) is 29.3 Å². The van der Waals surface area contributed by atoms with Crippen LogP contribution in [0.2, 0.25) is 0 Å². The van der Waals surface area contributed by atoms with E-state index in [0.29, 0.717) is 24.0 Å². The van der Waals surface area contributed by atoms with E-state index in [9.17, 15) is 23.1 Å². The molecule has 1 aliphatic heterocycles. The molecule has 1 aromatic heterocycles. The van der Waals surface area contributed by atoms with Gasteiger partial charge in [-0.2, -0.15) is 13.2 Å². The highest BCUT2D eigenvalue weighted by Gasteiger charge is 2.51. The van der Waals surface area contributed by atoms with Gasteiger partial charge < -0.3 is 9.52 Å². The predicted octanol–water partition coefficient (Wildman–Crippen LogP) is 3.91. The fourth-order valence-corrected chi connectivity index (χ4v) is 3.80. The van der Waals surface area contributed by atoms with Gasteiger partial charge in [-0.25, -0.2) is 4.79 Å². The number of phenols is 1. The number of phenolic OH excluding ortho intramolecular Hbond substituents is 1. The molecule has 25 heavy (non-hydrogen) atoms. The normalized spacial score (nSPS) is 21.6. The minimum absolute atomic E-state index is 0.0140. The Morgan fingerprint density at radius 2 is 2.04 bits per heavy atom. The van der Waals surface area contributed by atoms with Crippen LogP contribution in [0.15, 0.2) is 33.5 Å². The largest absolute Gasteiger partial charge is 0.508 e. The summed E-state index contributed by atoms with van der Waals surface area (Å²) in [7, 11) is 0. The molecule has 1 N–H and O–H groups in total. The summed E-state index contributed by atoms with van der Waals surface area (Å²) < 4.78 is 44.7. The van der Waals surface area contributed by atoms with Crippen molar-refractivity contribution in [2.75, 3.05) is 13.1 Å². The Kier molecular flexibility index (Phi) is 4.31. The fraction of sp³-hybridized carbons (Fsp3) is 0.500. The van der Waals surface area contributed by atoms with Gasteiger partial charge in [0.25, 0.3) is 0 Å². The van der Waals surface area contributed by atoms with Gasteiger partial charge in [0.1, 0.15) is 11.3 Å². The van der Waals surface area contributed by atoms with E-state index in [1.807, 2.05) is 4.90 Å². The number of aromatic hydroxyl groups is 1. The van der Waals surface area contributed by atoms with Crippen LogP contribution < -0.4 is 5.63 Å². The van der Waals surface area contributed by atoms with Crippen LogP contribution in [0.25, 0.3) is 11.0 Å². The number of hydrogen-bond donors (Lipinski definition) is 1. The van der Waals surface area contributed by atoms with Crippen molar-refractivity contribution in [2.45, 2.75) is 33.0 Å². The van der Waals surface area contributed by atoms with E-state index in [-0.39, 0.29) is 24.3 Å². The number of alkyl halides is 3. The molecule has 3 rings (SSSR count). The van der Waals surface area contributed by atoms with E-state index in [2.05, 4.69) is 0 Å². The van der Waals surface area contributed by atoms with Crippen molar-refractivity contribution in [3.05, 3.63) is 40.2 Å². The van der Waals surface area contributed by atoms with Crippen molar-refractivity contribution in [2.24, 2.45) is 11.3 Å². The zero-order chi connectivity index (χ0) is 18.4. The third kappa shape index (κ3) is 3.66. The van der Waals surface area contributed by atoms with Gasteiger partial charge in [-0.15, -0.1) is 0 Å². The molecular weight excluding hydrogens is 335 g/mol. The molecule has 1 unspecified atom stereocenters. The molecule has 1 aromatic carbocycles. The van der Waals surface area contributed by atoms with Crippen LogP contribution >= 0.6 is 0 Å². The van der Waals surface area contributed by atoms with Gasteiger partial charge in [0.05, 0.1) is 5.92 Å². The molecule has 0 radical (unpaired) electrons. The lowest BCUT2D eigenvalue weighted by Gasteiger charge is -2.45.